The summed E-state index contributed by atoms with van der Waals surface area (Å²) in [4.78, 5) is 0. The van der Waals surface area contributed by atoms with Crippen LogP contribution in [0, 0.1) is 98.0 Å². The van der Waals surface area contributed by atoms with Crippen molar-refractivity contribution in [3.8, 4) is 0 Å². The molecule has 0 fully saturated rings. The number of hydrogen-bond acceptors (Lipinski definition) is 1. The van der Waals surface area contributed by atoms with Crippen molar-refractivity contribution in [1.82, 2.24) is 0 Å². The molecule has 1 heteroatoms. The Morgan fingerprint density at radius 3 is 0.424 bits per heavy atom. The van der Waals surface area contributed by atoms with E-state index in [4.69, 9.17) is 0 Å². The van der Waals surface area contributed by atoms with E-state index in [9.17, 15) is 0 Å². The summed E-state index contributed by atoms with van der Waals surface area (Å²) in [7, 11) is 0. The molecular weight excluding hydrogens is 1130 g/mol. The minimum atomic E-state index is 0.387. The third-order valence-electron chi connectivity index (χ3n) is 25.4. The normalized spacial score (nSPS) is 15.5. The van der Waals surface area contributed by atoms with Crippen LogP contribution in [0.15, 0.2) is 0 Å². The first-order valence-corrected chi connectivity index (χ1v) is 41.5. The van der Waals surface area contributed by atoms with Gasteiger partial charge in [-0.1, -0.05) is 256 Å². The van der Waals surface area contributed by atoms with Crippen LogP contribution in [0.5, 0.6) is 0 Å². The molecule has 0 aliphatic carbocycles. The molecule has 0 rings (SSSR count). The van der Waals surface area contributed by atoms with Crippen LogP contribution in [-0.4, -0.2) is 11.5 Å². The van der Waals surface area contributed by atoms with Crippen molar-refractivity contribution in [2.75, 3.05) is 11.5 Å². The van der Waals surface area contributed by atoms with E-state index in [0.717, 1.165) is 5.92 Å². The third kappa shape index (κ3) is 48.2. The van der Waals surface area contributed by atoms with Crippen molar-refractivity contribution in [2.45, 2.75) is 474 Å². The Morgan fingerprint density at radius 2 is 0.304 bits per heavy atom. The van der Waals surface area contributed by atoms with E-state index < -0.39 is 0 Å². The Balaban J connectivity index is 4.96. The van der Waals surface area contributed by atoms with Gasteiger partial charge < -0.3 is 0 Å². The third-order valence-corrected chi connectivity index (χ3v) is 26.9. The van der Waals surface area contributed by atoms with E-state index in [1.807, 2.05) is 0 Å². The molecule has 0 aromatic heterocycles. The van der Waals surface area contributed by atoms with E-state index in [1.165, 1.54) is 230 Å². The van der Waals surface area contributed by atoms with Gasteiger partial charge >= 0.3 is 0 Å². The lowest BCUT2D eigenvalue weighted by atomic mass is 9.67. The van der Waals surface area contributed by atoms with Crippen LogP contribution in [0.3, 0.4) is 0 Å². The van der Waals surface area contributed by atoms with Gasteiger partial charge in [0.1, 0.15) is 0 Å². The van der Waals surface area contributed by atoms with Gasteiger partial charge in [0.25, 0.3) is 0 Å². The average Bonchev–Trinajstić information content (AvgIpc) is 1.02. The van der Waals surface area contributed by atoms with Gasteiger partial charge in [0, 0.05) is 0 Å². The molecule has 0 aliphatic heterocycles. The summed E-state index contributed by atoms with van der Waals surface area (Å²) in [5, 5.41) is 0. The Kier molecular flexibility index (Phi) is 36.9. The second-order valence-corrected chi connectivity index (χ2v) is 48.7. The van der Waals surface area contributed by atoms with Gasteiger partial charge in [-0.15, -0.1) is 0 Å². The zero-order chi connectivity index (χ0) is 72.2. The Morgan fingerprint density at radius 1 is 0.185 bits per heavy atom. The first-order chi connectivity index (χ1) is 40.8. The largest absolute Gasteiger partial charge is 0.162 e. The molecule has 0 amide bonds. The zero-order valence-electron chi connectivity index (χ0n) is 71.9. The fraction of sp³-hybridized carbons (Fsp3) is 1.00. The van der Waals surface area contributed by atoms with E-state index in [-0.39, 0.29) is 0 Å². The van der Waals surface area contributed by atoms with Crippen LogP contribution in [0.25, 0.3) is 0 Å². The van der Waals surface area contributed by atoms with Crippen LogP contribution in [0.1, 0.15) is 474 Å². The molecule has 0 aliphatic rings. The maximum absolute atomic E-state index is 2.59. The van der Waals surface area contributed by atoms with Crippen LogP contribution in [0.4, 0.5) is 0 Å². The molecule has 0 spiro atoms. The molecule has 554 valence electrons. The second kappa shape index (κ2) is 36.8. The second-order valence-electron chi connectivity index (χ2n) is 47.6. The molecule has 0 bridgehead atoms. The summed E-state index contributed by atoms with van der Waals surface area (Å²) >= 11 is 2.16. The summed E-state index contributed by atoms with van der Waals surface area (Å²) in [5.74, 6) is 3.46. The maximum Gasteiger partial charge on any atom is -0.00416 e. The van der Waals surface area contributed by atoms with Gasteiger partial charge in [0.05, 0.1) is 0 Å². The zero-order valence-corrected chi connectivity index (χ0v) is 72.8. The molecule has 0 heterocycles. The Bertz CT molecular complexity index is 1960. The quantitative estimate of drug-likeness (QED) is 0.0547. The van der Waals surface area contributed by atoms with Gasteiger partial charge in [-0.2, -0.15) is 11.8 Å². The van der Waals surface area contributed by atoms with E-state index in [0.29, 0.717) is 92.1 Å². The molecular formula is C91H184S. The molecule has 0 N–H and O–H groups in total. The number of rotatable bonds is 53. The average molecular weight is 1310 g/mol. The van der Waals surface area contributed by atoms with Crippen LogP contribution >= 0.6 is 11.8 Å². The number of thioether (sulfide) groups is 1. The molecule has 1 atom stereocenters. The highest BCUT2D eigenvalue weighted by Crippen LogP contribution is 2.50. The predicted molar refractivity (Wildman–Crippen MR) is 429 cm³/mol. The van der Waals surface area contributed by atoms with Crippen molar-refractivity contribution >= 4 is 11.8 Å². The van der Waals surface area contributed by atoms with E-state index in [1.54, 1.807) is 0 Å². The highest BCUT2D eigenvalue weighted by Gasteiger charge is 2.37. The van der Waals surface area contributed by atoms with Crippen molar-refractivity contribution in [2.24, 2.45) is 98.0 Å². The lowest BCUT2D eigenvalue weighted by Crippen LogP contribution is -2.25. The van der Waals surface area contributed by atoms with Crippen molar-refractivity contribution < 1.29 is 0 Å². The highest BCUT2D eigenvalue weighted by molar-refractivity contribution is 7.99. The minimum Gasteiger partial charge on any atom is -0.162 e. The molecule has 92 heavy (non-hydrogen) atoms. The summed E-state index contributed by atoms with van der Waals surface area (Å²) in [6.45, 7) is 94.2. The van der Waals surface area contributed by atoms with Crippen molar-refractivity contribution in [1.29, 1.82) is 0 Å². The SMILES string of the molecule is CCCSCC(C)CC(C)(C)CCC(C)(C)CCC(C)(C)CCC(C)(C)CCC(C)(C)CCC(C)(C)CCC(C)(C)CCC(C)(C)CCC(C)(C)CCC(C)(C)CCC(C)(C)CCC(C)(C)CCC(C)(C)CCC(C)(C)CCC(C)(C)CCC(C)(C)CCC(C)(C)C. The van der Waals surface area contributed by atoms with Crippen LogP contribution in [0.2, 0.25) is 0 Å². The molecule has 0 aromatic carbocycles. The molecule has 0 saturated carbocycles. The smallest absolute Gasteiger partial charge is 0.00416 e. The van der Waals surface area contributed by atoms with E-state index >= 15 is 0 Å². The van der Waals surface area contributed by atoms with Gasteiger partial charge in [0.2, 0.25) is 0 Å². The first kappa shape index (κ1) is 92.4. The fourth-order valence-corrected chi connectivity index (χ4v) is 15.2. The standard InChI is InChI=1S/C91H184S/c1-38-71-92-73-74(2)72-91(36,37)70-69-90(34,35)68-67-89(32,33)66-65-88(30,31)64-63-87(28,29)62-61-86(26,27)60-59-85(24,25)58-57-84(22,23)56-55-83(20,21)54-53-82(18,19)52-51-81(16,17)50-49-80(14,15)48-47-79(12,13)46-45-78(10,11)44-43-77(8,9)42-41-76(6,7)40-39-75(3,4)5/h74H,38-73H2,1-37H3. The monoisotopic (exact) mass is 1310 g/mol. The summed E-state index contributed by atoms with van der Waals surface area (Å²) in [6.07, 6.45) is 45.7. The fourth-order valence-electron chi connectivity index (χ4n) is 14.3. The van der Waals surface area contributed by atoms with Crippen molar-refractivity contribution in [3.63, 3.8) is 0 Å². The lowest BCUT2D eigenvalue weighted by molar-refractivity contribution is 0.135. The van der Waals surface area contributed by atoms with E-state index in [2.05, 4.69) is 268 Å². The first-order valence-electron chi connectivity index (χ1n) is 40.3. The van der Waals surface area contributed by atoms with Gasteiger partial charge in [0.15, 0.2) is 0 Å². The molecule has 0 nitrogen and oxygen atoms in total. The Hall–Kier alpha value is 0.350. The topological polar surface area (TPSA) is 0 Å². The van der Waals surface area contributed by atoms with Gasteiger partial charge in [-0.05, 0) is 328 Å². The van der Waals surface area contributed by atoms with Gasteiger partial charge in [-0.3, -0.25) is 0 Å². The highest BCUT2D eigenvalue weighted by atomic mass is 32.2. The van der Waals surface area contributed by atoms with Crippen LogP contribution in [-0.2, 0) is 0 Å². The summed E-state index contributed by atoms with van der Waals surface area (Å²) < 4.78 is 0. The molecule has 0 aromatic rings. The maximum atomic E-state index is 2.59. The molecule has 1 unspecified atom stereocenters. The molecule has 0 radical (unpaired) electrons. The van der Waals surface area contributed by atoms with Gasteiger partial charge in [-0.25, -0.2) is 0 Å². The summed E-state index contributed by atoms with van der Waals surface area (Å²) in [6, 6.07) is 0. The molecule has 0 saturated heterocycles. The minimum absolute atomic E-state index is 0.387. The van der Waals surface area contributed by atoms with Crippen molar-refractivity contribution in [3.05, 3.63) is 0 Å². The van der Waals surface area contributed by atoms with Crippen LogP contribution < -0.4 is 0 Å². The predicted octanol–water partition coefficient (Wildman–Crippen LogP) is 33.1. The summed E-state index contributed by atoms with van der Waals surface area (Å²) in [5.41, 5.74) is 6.88. The Labute approximate surface area is 592 Å². The number of hydrogen-bond donors (Lipinski definition) is 0. The lowest BCUT2D eigenvalue weighted by Gasteiger charge is -2.38.